The largest absolute Gasteiger partial charge is 0.492 e. The number of hydrogen-bond acceptors (Lipinski definition) is 6. The fourth-order valence-electron chi connectivity index (χ4n) is 3.26. The van der Waals surface area contributed by atoms with Gasteiger partial charge in [0.15, 0.2) is 23.0 Å². The minimum Gasteiger partial charge on any atom is -0.492 e. The van der Waals surface area contributed by atoms with Crippen LogP contribution in [0.15, 0.2) is 0 Å². The summed E-state index contributed by atoms with van der Waals surface area (Å²) in [5.74, 6) is 3.46. The lowest BCUT2D eigenvalue weighted by atomic mass is 9.93. The summed E-state index contributed by atoms with van der Waals surface area (Å²) in [6.07, 6.45) is 0. The average Bonchev–Trinajstić information content (AvgIpc) is 2.71. The molecule has 2 aromatic rings. The molecule has 6 nitrogen and oxygen atoms in total. The van der Waals surface area contributed by atoms with Crippen LogP contribution in [0.2, 0.25) is 0 Å². The van der Waals surface area contributed by atoms with Crippen LogP contribution >= 0.6 is 45.2 Å². The highest BCUT2D eigenvalue weighted by Crippen LogP contribution is 2.56. The van der Waals surface area contributed by atoms with Gasteiger partial charge in [-0.3, -0.25) is 0 Å². The molecule has 0 bridgehead atoms. The molecule has 0 aromatic heterocycles. The van der Waals surface area contributed by atoms with Crippen LogP contribution in [0, 0.1) is 21.0 Å². The maximum absolute atomic E-state index is 5.79. The lowest BCUT2D eigenvalue weighted by Crippen LogP contribution is -2.06. The Morgan fingerprint density at radius 2 is 0.679 bits per heavy atom. The number of methoxy groups -OCH3 is 6. The van der Waals surface area contributed by atoms with Crippen molar-refractivity contribution in [2.75, 3.05) is 42.7 Å². The standard InChI is InChI=1S/C20H24I2O6/c1-9-11(15(23-3)19(27-7)17(25-5)13(9)21)12-10(2)14(22)18(26-6)20(28-8)16(12)24-4/h1-8H3. The van der Waals surface area contributed by atoms with Crippen molar-refractivity contribution in [3.63, 3.8) is 0 Å². The van der Waals surface area contributed by atoms with Gasteiger partial charge in [-0.2, -0.15) is 0 Å². The first-order valence-electron chi connectivity index (χ1n) is 8.30. The van der Waals surface area contributed by atoms with Gasteiger partial charge in [-0.25, -0.2) is 0 Å². The molecule has 154 valence electrons. The number of hydrogen-bond donors (Lipinski definition) is 0. The molecule has 0 aliphatic heterocycles. The van der Waals surface area contributed by atoms with Gasteiger partial charge in [0.25, 0.3) is 0 Å². The van der Waals surface area contributed by atoms with Gasteiger partial charge in [0, 0.05) is 11.1 Å². The molecular weight excluding hydrogens is 590 g/mol. The molecule has 28 heavy (non-hydrogen) atoms. The zero-order chi connectivity index (χ0) is 21.2. The first-order chi connectivity index (χ1) is 13.3. The van der Waals surface area contributed by atoms with E-state index in [1.54, 1.807) is 42.7 Å². The zero-order valence-corrected chi connectivity index (χ0v) is 21.5. The highest BCUT2D eigenvalue weighted by Gasteiger charge is 2.31. The van der Waals surface area contributed by atoms with E-state index in [2.05, 4.69) is 45.2 Å². The van der Waals surface area contributed by atoms with Gasteiger partial charge in [-0.1, -0.05) is 0 Å². The molecule has 0 amide bonds. The van der Waals surface area contributed by atoms with Gasteiger partial charge in [0.05, 0.1) is 49.8 Å². The zero-order valence-electron chi connectivity index (χ0n) is 17.2. The van der Waals surface area contributed by atoms with E-state index in [-0.39, 0.29) is 0 Å². The van der Waals surface area contributed by atoms with Crippen LogP contribution in [0.1, 0.15) is 11.1 Å². The molecule has 0 N–H and O–H groups in total. The second-order valence-electron chi connectivity index (χ2n) is 5.83. The van der Waals surface area contributed by atoms with E-state index >= 15 is 0 Å². The summed E-state index contributed by atoms with van der Waals surface area (Å²) in [4.78, 5) is 0. The lowest BCUT2D eigenvalue weighted by Gasteiger charge is -2.25. The Kier molecular flexibility index (Phi) is 7.77. The first kappa shape index (κ1) is 23.0. The molecule has 0 aliphatic carbocycles. The highest BCUT2D eigenvalue weighted by molar-refractivity contribution is 14.1. The summed E-state index contributed by atoms with van der Waals surface area (Å²) in [7, 11) is 9.64. The molecule has 0 saturated heterocycles. The van der Waals surface area contributed by atoms with Crippen molar-refractivity contribution in [1.29, 1.82) is 0 Å². The Morgan fingerprint density at radius 1 is 0.429 bits per heavy atom. The molecule has 0 atom stereocenters. The molecule has 0 radical (unpaired) electrons. The third kappa shape index (κ3) is 3.53. The van der Waals surface area contributed by atoms with Crippen LogP contribution in [0.25, 0.3) is 11.1 Å². The molecule has 0 fully saturated rings. The monoisotopic (exact) mass is 614 g/mol. The van der Waals surface area contributed by atoms with Crippen LogP contribution in [-0.4, -0.2) is 42.7 Å². The Hall–Kier alpha value is -1.30. The lowest BCUT2D eigenvalue weighted by molar-refractivity contribution is 0.320. The van der Waals surface area contributed by atoms with Crippen molar-refractivity contribution in [2.24, 2.45) is 0 Å². The van der Waals surface area contributed by atoms with Crippen LogP contribution in [0.4, 0.5) is 0 Å². The maximum atomic E-state index is 5.79. The molecule has 8 heteroatoms. The molecule has 0 unspecified atom stereocenters. The van der Waals surface area contributed by atoms with E-state index in [1.165, 1.54) is 0 Å². The van der Waals surface area contributed by atoms with E-state index in [0.717, 1.165) is 29.4 Å². The normalized spacial score (nSPS) is 10.5. The summed E-state index contributed by atoms with van der Waals surface area (Å²) in [5.41, 5.74) is 3.69. The Morgan fingerprint density at radius 3 is 0.893 bits per heavy atom. The van der Waals surface area contributed by atoms with Crippen LogP contribution in [0.3, 0.4) is 0 Å². The second kappa shape index (κ2) is 9.47. The predicted octanol–water partition coefficient (Wildman–Crippen LogP) is 5.23. The third-order valence-electron chi connectivity index (χ3n) is 4.56. The minimum absolute atomic E-state index is 0.529. The van der Waals surface area contributed by atoms with Gasteiger partial charge in [-0.05, 0) is 70.2 Å². The topological polar surface area (TPSA) is 55.4 Å². The summed E-state index contributed by atoms with van der Waals surface area (Å²) < 4.78 is 35.9. The van der Waals surface area contributed by atoms with Crippen molar-refractivity contribution in [3.05, 3.63) is 18.3 Å². The molecule has 0 saturated carbocycles. The van der Waals surface area contributed by atoms with Gasteiger partial charge < -0.3 is 28.4 Å². The molecule has 2 aromatic carbocycles. The maximum Gasteiger partial charge on any atom is 0.205 e. The predicted molar refractivity (Wildman–Crippen MR) is 126 cm³/mol. The second-order valence-corrected chi connectivity index (χ2v) is 7.98. The average molecular weight is 614 g/mol. The smallest absolute Gasteiger partial charge is 0.205 e. The number of rotatable bonds is 7. The van der Waals surface area contributed by atoms with E-state index in [1.807, 2.05) is 13.8 Å². The highest BCUT2D eigenvalue weighted by atomic mass is 127. The summed E-state index contributed by atoms with van der Waals surface area (Å²) in [6, 6.07) is 0. The van der Waals surface area contributed by atoms with Crippen molar-refractivity contribution in [1.82, 2.24) is 0 Å². The Labute approximate surface area is 193 Å². The number of halogens is 2. The van der Waals surface area contributed by atoms with Gasteiger partial charge in [0.1, 0.15) is 0 Å². The van der Waals surface area contributed by atoms with Crippen LogP contribution in [0.5, 0.6) is 34.5 Å². The van der Waals surface area contributed by atoms with E-state index in [4.69, 9.17) is 28.4 Å². The van der Waals surface area contributed by atoms with Gasteiger partial charge >= 0.3 is 0 Å². The van der Waals surface area contributed by atoms with Gasteiger partial charge in [-0.15, -0.1) is 0 Å². The van der Waals surface area contributed by atoms with Crippen LogP contribution in [-0.2, 0) is 0 Å². The van der Waals surface area contributed by atoms with E-state index < -0.39 is 0 Å². The van der Waals surface area contributed by atoms with E-state index in [9.17, 15) is 0 Å². The van der Waals surface area contributed by atoms with Crippen LogP contribution < -0.4 is 28.4 Å². The number of benzene rings is 2. The van der Waals surface area contributed by atoms with Crippen molar-refractivity contribution in [2.45, 2.75) is 13.8 Å². The van der Waals surface area contributed by atoms with Crippen molar-refractivity contribution >= 4 is 45.2 Å². The quantitative estimate of drug-likeness (QED) is 0.399. The molecular formula is C20H24I2O6. The van der Waals surface area contributed by atoms with E-state index in [0.29, 0.717) is 34.5 Å². The molecule has 0 heterocycles. The van der Waals surface area contributed by atoms with Crippen molar-refractivity contribution in [3.8, 4) is 45.6 Å². The molecule has 2 rings (SSSR count). The fraction of sp³-hybridized carbons (Fsp3) is 0.400. The summed E-state index contributed by atoms with van der Waals surface area (Å²) in [6.45, 7) is 4.04. The fourth-order valence-corrected chi connectivity index (χ4v) is 4.73. The summed E-state index contributed by atoms with van der Waals surface area (Å²) >= 11 is 4.51. The first-order valence-corrected chi connectivity index (χ1v) is 10.5. The minimum atomic E-state index is 0.529. The molecule has 0 spiro atoms. The molecule has 0 aliphatic rings. The Bertz CT molecular complexity index is 822. The SMILES string of the molecule is COc1c(I)c(C)c(-c2c(C)c(I)c(OC)c(OC)c2OC)c(OC)c1OC. The third-order valence-corrected chi connectivity index (χ3v) is 7.16. The number of ether oxygens (including phenoxy) is 6. The van der Waals surface area contributed by atoms with Gasteiger partial charge in [0.2, 0.25) is 11.5 Å². The summed E-state index contributed by atoms with van der Waals surface area (Å²) in [5, 5.41) is 0. The Balaban J connectivity index is 3.12. The van der Waals surface area contributed by atoms with Crippen molar-refractivity contribution < 1.29 is 28.4 Å².